The van der Waals surface area contributed by atoms with Crippen molar-refractivity contribution in [2.45, 2.75) is 154 Å². The van der Waals surface area contributed by atoms with Crippen molar-refractivity contribution in [1.82, 2.24) is 5.32 Å². The van der Waals surface area contributed by atoms with Crippen LogP contribution in [0.15, 0.2) is 36.5 Å². The van der Waals surface area contributed by atoms with E-state index in [0.29, 0.717) is 17.4 Å². The van der Waals surface area contributed by atoms with Crippen LogP contribution in [0.5, 0.6) is 0 Å². The maximum atomic E-state index is 12.7. The summed E-state index contributed by atoms with van der Waals surface area (Å²) in [6, 6.07) is -0.902. The lowest BCUT2D eigenvalue weighted by Gasteiger charge is -2.29. The molecule has 0 aliphatic carbocycles. The fourth-order valence-electron chi connectivity index (χ4n) is 4.84. The quantitative estimate of drug-likeness (QED) is 0.0321. The second kappa shape index (κ2) is 29.8. The van der Waals surface area contributed by atoms with Gasteiger partial charge < -0.3 is 28.8 Å². The molecule has 0 aromatic heterocycles. The van der Waals surface area contributed by atoms with E-state index < -0.39 is 26.6 Å². The third-order valence-electron chi connectivity index (χ3n) is 7.81. The normalized spacial score (nSPS) is 15.2. The summed E-state index contributed by atoms with van der Waals surface area (Å²) in [4.78, 5) is 25.1. The highest BCUT2D eigenvalue weighted by Gasteiger charge is 2.23. The summed E-state index contributed by atoms with van der Waals surface area (Å²) in [5, 5.41) is 13.6. The van der Waals surface area contributed by atoms with Gasteiger partial charge in [-0.25, -0.2) is 0 Å². The van der Waals surface area contributed by atoms with Crippen molar-refractivity contribution in [3.05, 3.63) is 36.5 Å². The van der Waals surface area contributed by atoms with Crippen LogP contribution in [-0.2, 0) is 18.4 Å². The number of unbranched alkanes of at least 4 members (excludes halogenated alkanes) is 15. The van der Waals surface area contributed by atoms with E-state index in [2.05, 4.69) is 43.5 Å². The Morgan fingerprint density at radius 3 is 1.72 bits per heavy atom. The van der Waals surface area contributed by atoms with Gasteiger partial charge in [0.25, 0.3) is 7.82 Å². The Labute approximate surface area is 283 Å². The second-order valence-corrected chi connectivity index (χ2v) is 15.0. The van der Waals surface area contributed by atoms with Crippen molar-refractivity contribution < 1.29 is 32.9 Å². The Morgan fingerprint density at radius 1 is 0.739 bits per heavy atom. The predicted molar refractivity (Wildman–Crippen MR) is 191 cm³/mol. The minimum absolute atomic E-state index is 0.00858. The summed E-state index contributed by atoms with van der Waals surface area (Å²) in [7, 11) is 1.23. The van der Waals surface area contributed by atoms with Gasteiger partial charge in [-0.05, 0) is 38.5 Å². The molecule has 0 radical (unpaired) electrons. The minimum atomic E-state index is -4.58. The van der Waals surface area contributed by atoms with E-state index in [1.54, 1.807) is 6.08 Å². The highest BCUT2D eigenvalue weighted by Crippen LogP contribution is 2.38. The van der Waals surface area contributed by atoms with E-state index in [4.69, 9.17) is 9.05 Å². The molecule has 0 rings (SSSR count). The number of hydrogen-bond acceptors (Lipinski definition) is 6. The molecule has 2 N–H and O–H groups in total. The summed E-state index contributed by atoms with van der Waals surface area (Å²) >= 11 is 0. The van der Waals surface area contributed by atoms with E-state index in [-0.39, 0.29) is 12.5 Å². The minimum Gasteiger partial charge on any atom is -0.756 e. The Kier molecular flexibility index (Phi) is 29.0. The van der Waals surface area contributed by atoms with Crippen LogP contribution in [0.2, 0.25) is 0 Å². The van der Waals surface area contributed by atoms with Crippen molar-refractivity contribution in [2.24, 2.45) is 0 Å². The molecule has 0 fully saturated rings. The van der Waals surface area contributed by atoms with Crippen LogP contribution in [0.1, 0.15) is 142 Å². The van der Waals surface area contributed by atoms with Crippen LogP contribution in [0.3, 0.4) is 0 Å². The molecule has 8 nitrogen and oxygen atoms in total. The molecule has 270 valence electrons. The number of rotatable bonds is 32. The number of allylic oxidation sites excluding steroid dienone is 5. The van der Waals surface area contributed by atoms with Gasteiger partial charge in [0.15, 0.2) is 0 Å². The molecule has 0 spiro atoms. The Bertz CT molecular complexity index is 855. The number of aliphatic hydroxyl groups excluding tert-OH is 1. The van der Waals surface area contributed by atoms with Gasteiger partial charge >= 0.3 is 0 Å². The molecule has 0 bridgehead atoms. The van der Waals surface area contributed by atoms with Crippen LogP contribution in [0.25, 0.3) is 0 Å². The molecule has 3 unspecified atom stereocenters. The van der Waals surface area contributed by atoms with Gasteiger partial charge in [0, 0.05) is 6.42 Å². The van der Waals surface area contributed by atoms with Gasteiger partial charge in [-0.2, -0.15) is 0 Å². The first kappa shape index (κ1) is 44.7. The molecule has 0 saturated heterocycles. The number of nitrogens with one attached hydrogen (secondary N) is 1. The molecule has 9 heteroatoms. The third-order valence-corrected chi connectivity index (χ3v) is 8.78. The van der Waals surface area contributed by atoms with Crippen molar-refractivity contribution in [3.8, 4) is 0 Å². The summed E-state index contributed by atoms with van der Waals surface area (Å²) in [5.74, 6) is -0.216. The number of carbonyl (C=O) groups excluding carboxylic acids is 1. The third kappa shape index (κ3) is 31.3. The average Bonchev–Trinajstić information content (AvgIpc) is 2.99. The first-order valence-corrected chi connectivity index (χ1v) is 19.8. The second-order valence-electron chi connectivity index (χ2n) is 13.6. The standard InChI is InChI=1S/C37H71N2O6P/c1-6-8-10-12-14-16-18-19-21-23-25-27-29-31-37(41)38-35(34-45-46(42,43)44-33-32-39(3,4)5)36(40)30-28-26-24-22-20-17-15-13-11-9-7-2/h11,13,20,22,28,30,35-36,40H,6-10,12,14-19,21,23-27,29,31-34H2,1-5H3,(H-,38,41,42,43)/b13-11+,22-20+,30-28+. The Hall–Kier alpha value is -1.28. The number of hydrogen-bond donors (Lipinski definition) is 2. The number of carbonyl (C=O) groups is 1. The highest BCUT2D eigenvalue weighted by molar-refractivity contribution is 7.45. The molecular formula is C37H71N2O6P. The number of aliphatic hydroxyl groups is 1. The zero-order chi connectivity index (χ0) is 34.4. The van der Waals surface area contributed by atoms with Gasteiger partial charge in [-0.1, -0.05) is 134 Å². The number of quaternary nitrogens is 1. The Balaban J connectivity index is 4.61. The average molecular weight is 671 g/mol. The van der Waals surface area contributed by atoms with Crippen molar-refractivity contribution in [2.75, 3.05) is 40.9 Å². The van der Waals surface area contributed by atoms with Gasteiger partial charge in [0.2, 0.25) is 5.91 Å². The van der Waals surface area contributed by atoms with Crippen molar-refractivity contribution in [3.63, 3.8) is 0 Å². The van der Waals surface area contributed by atoms with Crippen molar-refractivity contribution >= 4 is 13.7 Å². The largest absolute Gasteiger partial charge is 0.756 e. The predicted octanol–water partition coefficient (Wildman–Crippen LogP) is 8.55. The highest BCUT2D eigenvalue weighted by atomic mass is 31.2. The zero-order valence-electron chi connectivity index (χ0n) is 30.3. The smallest absolute Gasteiger partial charge is 0.268 e. The van der Waals surface area contributed by atoms with E-state index in [9.17, 15) is 19.4 Å². The van der Waals surface area contributed by atoms with Gasteiger partial charge in [-0.15, -0.1) is 0 Å². The summed E-state index contributed by atoms with van der Waals surface area (Å²) < 4.78 is 23.0. The lowest BCUT2D eigenvalue weighted by Crippen LogP contribution is -2.45. The Morgan fingerprint density at radius 2 is 1.22 bits per heavy atom. The van der Waals surface area contributed by atoms with E-state index in [1.165, 1.54) is 70.6 Å². The first-order valence-electron chi connectivity index (χ1n) is 18.4. The van der Waals surface area contributed by atoms with E-state index >= 15 is 0 Å². The van der Waals surface area contributed by atoms with E-state index in [0.717, 1.165) is 51.4 Å². The van der Waals surface area contributed by atoms with Gasteiger partial charge in [-0.3, -0.25) is 9.36 Å². The van der Waals surface area contributed by atoms with Gasteiger partial charge in [0.1, 0.15) is 13.2 Å². The molecule has 0 aromatic carbocycles. The molecule has 0 aliphatic rings. The lowest BCUT2D eigenvalue weighted by molar-refractivity contribution is -0.870. The van der Waals surface area contributed by atoms with Crippen LogP contribution >= 0.6 is 7.82 Å². The van der Waals surface area contributed by atoms with Crippen LogP contribution in [-0.4, -0.2) is 68.5 Å². The molecular weight excluding hydrogens is 599 g/mol. The molecule has 0 aliphatic heterocycles. The summed E-state index contributed by atoms with van der Waals surface area (Å²) in [6.07, 6.45) is 33.3. The summed E-state index contributed by atoms with van der Waals surface area (Å²) in [6.45, 7) is 4.51. The maximum Gasteiger partial charge on any atom is 0.268 e. The molecule has 3 atom stereocenters. The number of nitrogens with zero attached hydrogens (tertiary/aromatic N) is 1. The van der Waals surface area contributed by atoms with Crippen molar-refractivity contribution in [1.29, 1.82) is 0 Å². The number of amides is 1. The lowest BCUT2D eigenvalue weighted by atomic mass is 10.0. The molecule has 0 aromatic rings. The SMILES string of the molecule is CCC/C=C/CC/C=C/CC/C=C/C(O)C(COP(=O)([O-])OCC[N+](C)(C)C)NC(=O)CCCCCCCCCCCCCCC. The fourth-order valence-corrected chi connectivity index (χ4v) is 5.56. The van der Waals surface area contributed by atoms with Gasteiger partial charge in [0.05, 0.1) is 39.9 Å². The van der Waals surface area contributed by atoms with Crippen LogP contribution in [0.4, 0.5) is 0 Å². The van der Waals surface area contributed by atoms with E-state index in [1.807, 2.05) is 27.2 Å². The monoisotopic (exact) mass is 671 g/mol. The number of phosphoric acid groups is 1. The number of likely N-dealkylation sites (N-methyl/N-ethyl adjacent to an activating group) is 1. The van der Waals surface area contributed by atoms with Crippen LogP contribution < -0.4 is 10.2 Å². The molecule has 0 saturated carbocycles. The number of phosphoric ester groups is 1. The van der Waals surface area contributed by atoms with Crippen LogP contribution in [0, 0.1) is 0 Å². The summed E-state index contributed by atoms with van der Waals surface area (Å²) in [5.41, 5.74) is 0. The zero-order valence-corrected chi connectivity index (χ0v) is 31.2. The molecule has 46 heavy (non-hydrogen) atoms. The first-order chi connectivity index (χ1) is 22.0. The fraction of sp³-hybridized carbons (Fsp3) is 0.811. The molecule has 0 heterocycles. The topological polar surface area (TPSA) is 108 Å². The molecule has 1 amide bonds. The maximum absolute atomic E-state index is 12.7.